The topological polar surface area (TPSA) is 90.2 Å². The molecule has 1 N–H and O–H groups in total. The lowest BCUT2D eigenvalue weighted by Gasteiger charge is -2.07. The molecule has 1 aromatic rings. The second-order valence-corrected chi connectivity index (χ2v) is 3.44. The quantitative estimate of drug-likeness (QED) is 0.445. The average molecular weight is 240 g/mol. The van der Waals surface area contributed by atoms with Crippen LogP contribution in [0.25, 0.3) is 0 Å². The zero-order chi connectivity index (χ0) is 12.7. The second-order valence-electron chi connectivity index (χ2n) is 3.44. The SMILES string of the molecule is CCCCCOc1ncnc(NC)c1[N+](=O)[O-]. The van der Waals surface area contributed by atoms with E-state index in [1.54, 1.807) is 7.05 Å². The van der Waals surface area contributed by atoms with Crippen molar-refractivity contribution in [3.63, 3.8) is 0 Å². The maximum absolute atomic E-state index is 10.9. The Bertz CT molecular complexity index is 384. The van der Waals surface area contributed by atoms with Crippen molar-refractivity contribution >= 4 is 11.5 Å². The van der Waals surface area contributed by atoms with Gasteiger partial charge in [-0.1, -0.05) is 19.8 Å². The number of unbranched alkanes of at least 4 members (excludes halogenated alkanes) is 2. The largest absolute Gasteiger partial charge is 0.473 e. The lowest BCUT2D eigenvalue weighted by molar-refractivity contribution is -0.385. The van der Waals surface area contributed by atoms with Crippen molar-refractivity contribution < 1.29 is 9.66 Å². The number of hydrogen-bond donors (Lipinski definition) is 1. The molecule has 0 aromatic carbocycles. The normalized spacial score (nSPS) is 10.0. The van der Waals surface area contributed by atoms with Gasteiger partial charge in [-0.15, -0.1) is 0 Å². The van der Waals surface area contributed by atoms with Gasteiger partial charge in [-0.3, -0.25) is 10.1 Å². The van der Waals surface area contributed by atoms with Crippen LogP contribution in [0.3, 0.4) is 0 Å². The molecular weight excluding hydrogens is 224 g/mol. The first-order valence-corrected chi connectivity index (χ1v) is 5.50. The highest BCUT2D eigenvalue weighted by atomic mass is 16.6. The van der Waals surface area contributed by atoms with Crippen LogP contribution in [0.1, 0.15) is 26.2 Å². The Kier molecular flexibility index (Phi) is 5.12. The molecule has 0 amide bonds. The van der Waals surface area contributed by atoms with Crippen molar-refractivity contribution in [2.24, 2.45) is 0 Å². The Labute approximate surface area is 99.4 Å². The van der Waals surface area contributed by atoms with Gasteiger partial charge in [0.25, 0.3) is 5.88 Å². The van der Waals surface area contributed by atoms with Gasteiger partial charge in [-0.05, 0) is 6.42 Å². The van der Waals surface area contributed by atoms with Crippen molar-refractivity contribution in [1.82, 2.24) is 9.97 Å². The molecule has 1 heterocycles. The van der Waals surface area contributed by atoms with E-state index in [9.17, 15) is 10.1 Å². The first-order valence-electron chi connectivity index (χ1n) is 5.50. The summed E-state index contributed by atoms with van der Waals surface area (Å²) in [5, 5.41) is 13.5. The predicted octanol–water partition coefficient (Wildman–Crippen LogP) is 2.00. The van der Waals surface area contributed by atoms with Crippen molar-refractivity contribution in [3.8, 4) is 5.88 Å². The van der Waals surface area contributed by atoms with Crippen molar-refractivity contribution in [1.29, 1.82) is 0 Å². The molecule has 7 nitrogen and oxygen atoms in total. The van der Waals surface area contributed by atoms with Crippen LogP contribution in [-0.2, 0) is 0 Å². The fourth-order valence-corrected chi connectivity index (χ4v) is 1.34. The van der Waals surface area contributed by atoms with E-state index >= 15 is 0 Å². The van der Waals surface area contributed by atoms with Crippen LogP contribution in [0.15, 0.2) is 6.33 Å². The summed E-state index contributed by atoms with van der Waals surface area (Å²) < 4.78 is 5.31. The number of ether oxygens (including phenoxy) is 1. The van der Waals surface area contributed by atoms with E-state index in [4.69, 9.17) is 4.74 Å². The highest BCUT2D eigenvalue weighted by Gasteiger charge is 2.23. The molecule has 0 atom stereocenters. The summed E-state index contributed by atoms with van der Waals surface area (Å²) in [4.78, 5) is 17.9. The summed E-state index contributed by atoms with van der Waals surface area (Å²) >= 11 is 0. The van der Waals surface area contributed by atoms with E-state index in [-0.39, 0.29) is 17.4 Å². The molecule has 0 bridgehead atoms. The number of hydrogen-bond acceptors (Lipinski definition) is 6. The van der Waals surface area contributed by atoms with Gasteiger partial charge in [0.2, 0.25) is 5.82 Å². The highest BCUT2D eigenvalue weighted by Crippen LogP contribution is 2.30. The van der Waals surface area contributed by atoms with Crippen LogP contribution in [-0.4, -0.2) is 28.5 Å². The second kappa shape index (κ2) is 6.62. The van der Waals surface area contributed by atoms with Crippen LogP contribution in [0, 0.1) is 10.1 Å². The lowest BCUT2D eigenvalue weighted by Crippen LogP contribution is -2.06. The summed E-state index contributed by atoms with van der Waals surface area (Å²) in [7, 11) is 1.57. The smallest absolute Gasteiger partial charge is 0.372 e. The van der Waals surface area contributed by atoms with Crippen molar-refractivity contribution in [3.05, 3.63) is 16.4 Å². The van der Waals surface area contributed by atoms with Gasteiger partial charge in [-0.25, -0.2) is 4.98 Å². The highest BCUT2D eigenvalue weighted by molar-refractivity contribution is 5.60. The molecule has 0 spiro atoms. The van der Waals surface area contributed by atoms with Gasteiger partial charge in [0.1, 0.15) is 6.33 Å². The third kappa shape index (κ3) is 3.54. The molecule has 1 aromatic heterocycles. The molecule has 0 saturated heterocycles. The summed E-state index contributed by atoms with van der Waals surface area (Å²) in [5.74, 6) is 0.181. The monoisotopic (exact) mass is 240 g/mol. The predicted molar refractivity (Wildman–Crippen MR) is 63.3 cm³/mol. The number of nitrogens with zero attached hydrogens (tertiary/aromatic N) is 3. The summed E-state index contributed by atoms with van der Waals surface area (Å²) in [6.07, 6.45) is 4.19. The average Bonchev–Trinajstić information content (AvgIpc) is 2.33. The molecular formula is C10H16N4O3. The Balaban J connectivity index is 2.79. The van der Waals surface area contributed by atoms with Crippen LogP contribution in [0.5, 0.6) is 5.88 Å². The molecule has 0 unspecified atom stereocenters. The van der Waals surface area contributed by atoms with Crippen molar-refractivity contribution in [2.75, 3.05) is 19.0 Å². The number of aromatic nitrogens is 2. The van der Waals surface area contributed by atoms with Crippen LogP contribution in [0.4, 0.5) is 11.5 Å². The summed E-state index contributed by atoms with van der Waals surface area (Å²) in [6, 6.07) is 0. The van der Waals surface area contributed by atoms with E-state index in [0.717, 1.165) is 19.3 Å². The number of nitrogens with one attached hydrogen (secondary N) is 1. The number of anilines is 1. The molecule has 0 aliphatic rings. The number of rotatable bonds is 7. The van der Waals surface area contributed by atoms with Gasteiger partial charge in [0.05, 0.1) is 11.5 Å². The van der Waals surface area contributed by atoms with Gasteiger partial charge in [-0.2, -0.15) is 4.98 Å². The van der Waals surface area contributed by atoms with Gasteiger partial charge in [0.15, 0.2) is 0 Å². The van der Waals surface area contributed by atoms with Crippen LogP contribution < -0.4 is 10.1 Å². The Morgan fingerprint density at radius 2 is 2.24 bits per heavy atom. The van der Waals surface area contributed by atoms with E-state index < -0.39 is 4.92 Å². The minimum Gasteiger partial charge on any atom is -0.473 e. The molecule has 0 fully saturated rings. The third-order valence-electron chi connectivity index (χ3n) is 2.19. The Hall–Kier alpha value is -1.92. The Morgan fingerprint density at radius 3 is 2.82 bits per heavy atom. The molecule has 0 radical (unpaired) electrons. The standard InChI is InChI=1S/C10H16N4O3/c1-3-4-5-6-17-10-8(14(15)16)9(11-2)12-7-13-10/h7H,3-6H2,1-2H3,(H,11,12,13). The molecule has 17 heavy (non-hydrogen) atoms. The van der Waals surface area contributed by atoms with E-state index in [1.165, 1.54) is 6.33 Å². The van der Waals surface area contributed by atoms with E-state index in [1.807, 2.05) is 0 Å². The van der Waals surface area contributed by atoms with Crippen LogP contribution in [0.2, 0.25) is 0 Å². The van der Waals surface area contributed by atoms with Gasteiger partial charge >= 0.3 is 5.69 Å². The minimum atomic E-state index is -0.541. The molecule has 0 aliphatic heterocycles. The fraction of sp³-hybridized carbons (Fsp3) is 0.600. The van der Waals surface area contributed by atoms with E-state index in [0.29, 0.717) is 6.61 Å². The first kappa shape index (κ1) is 13.1. The third-order valence-corrected chi connectivity index (χ3v) is 2.19. The summed E-state index contributed by atoms with van der Waals surface area (Å²) in [5.41, 5.74) is -0.216. The maximum atomic E-state index is 10.9. The molecule has 7 heteroatoms. The molecule has 1 rings (SSSR count). The minimum absolute atomic E-state index is 0.0189. The zero-order valence-corrected chi connectivity index (χ0v) is 9.97. The fourth-order valence-electron chi connectivity index (χ4n) is 1.34. The Morgan fingerprint density at radius 1 is 1.47 bits per heavy atom. The maximum Gasteiger partial charge on any atom is 0.372 e. The zero-order valence-electron chi connectivity index (χ0n) is 9.97. The first-order chi connectivity index (χ1) is 8.20. The molecule has 0 aliphatic carbocycles. The molecule has 0 saturated carbocycles. The lowest BCUT2D eigenvalue weighted by atomic mass is 10.3. The molecule has 94 valence electrons. The van der Waals surface area contributed by atoms with Gasteiger partial charge < -0.3 is 10.1 Å². The summed E-state index contributed by atoms with van der Waals surface area (Å²) in [6.45, 7) is 2.50. The van der Waals surface area contributed by atoms with Crippen LogP contribution >= 0.6 is 0 Å². The van der Waals surface area contributed by atoms with Crippen molar-refractivity contribution in [2.45, 2.75) is 26.2 Å². The number of nitro groups is 1. The van der Waals surface area contributed by atoms with Gasteiger partial charge in [0, 0.05) is 7.05 Å². The van der Waals surface area contributed by atoms with E-state index in [2.05, 4.69) is 22.2 Å².